The van der Waals surface area contributed by atoms with Gasteiger partial charge in [-0.2, -0.15) is 5.10 Å². The van der Waals surface area contributed by atoms with E-state index in [9.17, 15) is 4.79 Å². The average Bonchev–Trinajstić information content (AvgIpc) is 2.86. The smallest absolute Gasteiger partial charge is 0.272 e. The van der Waals surface area contributed by atoms with Crippen LogP contribution in [0, 0.1) is 0 Å². The van der Waals surface area contributed by atoms with E-state index in [2.05, 4.69) is 10.5 Å². The number of methoxy groups -OCH3 is 2. The minimum Gasteiger partial charge on any atom is -0.493 e. The number of benzene rings is 3. The van der Waals surface area contributed by atoms with Crippen LogP contribution in [-0.2, 0) is 0 Å². The second-order valence-electron chi connectivity index (χ2n) is 7.15. The van der Waals surface area contributed by atoms with Gasteiger partial charge < -0.3 is 9.47 Å². The predicted molar refractivity (Wildman–Crippen MR) is 126 cm³/mol. The quantitative estimate of drug-likeness (QED) is 0.346. The fourth-order valence-electron chi connectivity index (χ4n) is 3.44. The zero-order chi connectivity index (χ0) is 22.5. The van der Waals surface area contributed by atoms with E-state index in [0.717, 1.165) is 27.7 Å². The van der Waals surface area contributed by atoms with Crippen molar-refractivity contribution in [3.05, 3.63) is 90.0 Å². The number of fused-ring (bicyclic) bond motifs is 1. The molecule has 0 aliphatic heterocycles. The lowest BCUT2D eigenvalue weighted by atomic mass is 10.0. The Morgan fingerprint density at radius 1 is 0.875 bits per heavy atom. The number of rotatable bonds is 6. The standard InChI is InChI=1S/C26H23N3O3/c1-17(19-13-14-24(31-2)25(15-19)32-3)28-29-26(30)21-16-23(18-9-5-4-6-10-18)27-22-12-8-7-11-20(21)22/h4-16H,1-3H3,(H,29,30)/b28-17+. The second-order valence-corrected chi connectivity index (χ2v) is 7.15. The molecule has 0 saturated heterocycles. The molecule has 160 valence electrons. The van der Waals surface area contributed by atoms with Crippen molar-refractivity contribution in [2.75, 3.05) is 14.2 Å². The Labute approximate surface area is 186 Å². The summed E-state index contributed by atoms with van der Waals surface area (Å²) >= 11 is 0. The van der Waals surface area contributed by atoms with E-state index in [-0.39, 0.29) is 5.91 Å². The fourth-order valence-corrected chi connectivity index (χ4v) is 3.44. The van der Waals surface area contributed by atoms with Gasteiger partial charge in [-0.25, -0.2) is 10.4 Å². The number of amides is 1. The molecular weight excluding hydrogens is 402 g/mol. The number of ether oxygens (including phenoxy) is 2. The number of para-hydroxylation sites is 1. The zero-order valence-electron chi connectivity index (χ0n) is 18.1. The van der Waals surface area contributed by atoms with E-state index in [1.54, 1.807) is 26.4 Å². The molecule has 0 aliphatic carbocycles. The highest BCUT2D eigenvalue weighted by Gasteiger charge is 2.14. The summed E-state index contributed by atoms with van der Waals surface area (Å²) < 4.78 is 10.6. The van der Waals surface area contributed by atoms with Crippen LogP contribution in [0.2, 0.25) is 0 Å². The van der Waals surface area contributed by atoms with Crippen LogP contribution in [0.15, 0.2) is 84.0 Å². The molecule has 1 N–H and O–H groups in total. The SMILES string of the molecule is COc1ccc(/C(C)=N/NC(=O)c2cc(-c3ccccc3)nc3ccccc23)cc1OC. The van der Waals surface area contributed by atoms with Gasteiger partial charge in [-0.05, 0) is 37.3 Å². The van der Waals surface area contributed by atoms with E-state index in [4.69, 9.17) is 14.5 Å². The van der Waals surface area contributed by atoms with E-state index < -0.39 is 0 Å². The first-order valence-electron chi connectivity index (χ1n) is 10.1. The summed E-state index contributed by atoms with van der Waals surface area (Å²) in [5, 5.41) is 5.08. The van der Waals surface area contributed by atoms with Gasteiger partial charge in [0.25, 0.3) is 5.91 Å². The maximum Gasteiger partial charge on any atom is 0.272 e. The van der Waals surface area contributed by atoms with Crippen molar-refractivity contribution >= 4 is 22.5 Å². The maximum absolute atomic E-state index is 13.1. The van der Waals surface area contributed by atoms with Crippen LogP contribution in [-0.4, -0.2) is 30.8 Å². The van der Waals surface area contributed by atoms with E-state index in [1.165, 1.54) is 0 Å². The Bertz CT molecular complexity index is 1300. The molecule has 0 saturated carbocycles. The highest BCUT2D eigenvalue weighted by atomic mass is 16.5. The second kappa shape index (κ2) is 9.31. The number of carbonyl (C=O) groups is 1. The van der Waals surface area contributed by atoms with Crippen LogP contribution >= 0.6 is 0 Å². The van der Waals surface area contributed by atoms with Crippen LogP contribution in [0.5, 0.6) is 11.5 Å². The number of carbonyl (C=O) groups excluding carboxylic acids is 1. The van der Waals surface area contributed by atoms with E-state index in [0.29, 0.717) is 22.8 Å². The Morgan fingerprint density at radius 2 is 1.59 bits per heavy atom. The van der Waals surface area contributed by atoms with Gasteiger partial charge in [0, 0.05) is 16.5 Å². The Balaban J connectivity index is 1.67. The summed E-state index contributed by atoms with van der Waals surface area (Å²) in [7, 11) is 3.16. The average molecular weight is 425 g/mol. The largest absolute Gasteiger partial charge is 0.493 e. The lowest BCUT2D eigenvalue weighted by molar-refractivity contribution is 0.0956. The van der Waals surface area contributed by atoms with E-state index >= 15 is 0 Å². The van der Waals surface area contributed by atoms with Crippen LogP contribution < -0.4 is 14.9 Å². The first-order chi connectivity index (χ1) is 15.6. The highest BCUT2D eigenvalue weighted by molar-refractivity contribution is 6.08. The number of nitrogens with one attached hydrogen (secondary N) is 1. The molecule has 3 aromatic carbocycles. The van der Waals surface area contributed by atoms with Gasteiger partial charge in [0.05, 0.1) is 36.7 Å². The number of hydrogen-bond donors (Lipinski definition) is 1. The molecule has 0 aliphatic rings. The topological polar surface area (TPSA) is 72.8 Å². The fraction of sp³-hybridized carbons (Fsp3) is 0.115. The molecule has 1 amide bonds. The Kier molecular flexibility index (Phi) is 6.12. The number of hydrogen-bond acceptors (Lipinski definition) is 5. The molecule has 0 bridgehead atoms. The van der Waals surface area contributed by atoms with Gasteiger partial charge in [-0.1, -0.05) is 48.5 Å². The van der Waals surface area contributed by atoms with Crippen LogP contribution in [0.25, 0.3) is 22.2 Å². The van der Waals surface area contributed by atoms with Crippen molar-refractivity contribution in [1.82, 2.24) is 10.4 Å². The third-order valence-electron chi connectivity index (χ3n) is 5.16. The molecule has 0 fully saturated rings. The highest BCUT2D eigenvalue weighted by Crippen LogP contribution is 2.28. The molecule has 6 heteroatoms. The van der Waals surface area contributed by atoms with Gasteiger partial charge >= 0.3 is 0 Å². The van der Waals surface area contributed by atoms with Gasteiger partial charge in [0.2, 0.25) is 0 Å². The third kappa shape index (κ3) is 4.30. The van der Waals surface area contributed by atoms with Gasteiger partial charge in [-0.3, -0.25) is 4.79 Å². The predicted octanol–water partition coefficient (Wildman–Crippen LogP) is 5.07. The van der Waals surface area contributed by atoms with Crippen LogP contribution in [0.3, 0.4) is 0 Å². The molecule has 0 radical (unpaired) electrons. The van der Waals surface area contributed by atoms with Crippen LogP contribution in [0.1, 0.15) is 22.8 Å². The summed E-state index contributed by atoms with van der Waals surface area (Å²) in [6.07, 6.45) is 0. The van der Waals surface area contributed by atoms with Crippen LogP contribution in [0.4, 0.5) is 0 Å². The summed E-state index contributed by atoms with van der Waals surface area (Å²) in [5.41, 5.74) is 7.07. The normalized spacial score (nSPS) is 11.3. The molecule has 4 rings (SSSR count). The summed E-state index contributed by atoms with van der Waals surface area (Å²) in [6.45, 7) is 1.82. The van der Waals surface area contributed by atoms with Gasteiger partial charge in [0.1, 0.15) is 0 Å². The maximum atomic E-state index is 13.1. The number of pyridine rings is 1. The van der Waals surface area contributed by atoms with Crippen molar-refractivity contribution in [1.29, 1.82) is 0 Å². The third-order valence-corrected chi connectivity index (χ3v) is 5.16. The molecule has 0 atom stereocenters. The lowest BCUT2D eigenvalue weighted by Gasteiger charge is -2.11. The van der Waals surface area contributed by atoms with Crippen molar-refractivity contribution in [2.45, 2.75) is 6.92 Å². The summed E-state index contributed by atoms with van der Waals surface area (Å²) in [5.74, 6) is 0.920. The zero-order valence-corrected chi connectivity index (χ0v) is 18.1. The molecule has 6 nitrogen and oxygen atoms in total. The van der Waals surface area contributed by atoms with Crippen molar-refractivity contribution < 1.29 is 14.3 Å². The first kappa shape index (κ1) is 21.1. The monoisotopic (exact) mass is 425 g/mol. The molecule has 0 unspecified atom stereocenters. The minimum atomic E-state index is -0.305. The van der Waals surface area contributed by atoms with E-state index in [1.807, 2.05) is 73.7 Å². The molecular formula is C26H23N3O3. The number of hydrazone groups is 1. The van der Waals surface area contributed by atoms with Crippen molar-refractivity contribution in [2.24, 2.45) is 5.10 Å². The molecule has 1 aromatic heterocycles. The first-order valence-corrected chi connectivity index (χ1v) is 10.1. The molecule has 4 aromatic rings. The Hall–Kier alpha value is -4.19. The molecule has 1 heterocycles. The van der Waals surface area contributed by atoms with Crippen molar-refractivity contribution in [3.8, 4) is 22.8 Å². The van der Waals surface area contributed by atoms with Crippen molar-refractivity contribution in [3.63, 3.8) is 0 Å². The lowest BCUT2D eigenvalue weighted by Crippen LogP contribution is -2.20. The summed E-state index contributed by atoms with van der Waals surface area (Å²) in [6, 6.07) is 24.7. The Morgan fingerprint density at radius 3 is 2.34 bits per heavy atom. The number of nitrogens with zero attached hydrogens (tertiary/aromatic N) is 2. The van der Waals surface area contributed by atoms with Gasteiger partial charge in [0.15, 0.2) is 11.5 Å². The molecule has 0 spiro atoms. The minimum absolute atomic E-state index is 0.305. The molecule has 32 heavy (non-hydrogen) atoms. The summed E-state index contributed by atoms with van der Waals surface area (Å²) in [4.78, 5) is 17.8. The van der Waals surface area contributed by atoms with Gasteiger partial charge in [-0.15, -0.1) is 0 Å². The number of aromatic nitrogens is 1.